The zero-order chi connectivity index (χ0) is 26.1. The smallest absolute Gasteiger partial charge is 0.335 e. The summed E-state index contributed by atoms with van der Waals surface area (Å²) in [4.78, 5) is 14.3. The summed E-state index contributed by atoms with van der Waals surface area (Å²) in [6, 6.07) is 15.7. The van der Waals surface area contributed by atoms with Gasteiger partial charge in [0, 0.05) is 49.9 Å². The molecular formula is C31H36N3O2Si+. The van der Waals surface area contributed by atoms with E-state index in [1.165, 1.54) is 48.9 Å². The van der Waals surface area contributed by atoms with E-state index in [4.69, 9.17) is 0 Å². The van der Waals surface area contributed by atoms with Gasteiger partial charge >= 0.3 is 5.97 Å². The Morgan fingerprint density at radius 1 is 1.00 bits per heavy atom. The van der Waals surface area contributed by atoms with Crippen LogP contribution in [0.3, 0.4) is 0 Å². The number of aryl methyl sites for hydroxylation is 2. The van der Waals surface area contributed by atoms with Crippen LogP contribution in [0.1, 0.15) is 38.2 Å². The number of carbonyl (C=O) groups is 1. The molecule has 0 amide bonds. The summed E-state index contributed by atoms with van der Waals surface area (Å²) in [5.74, 6) is -0.873. The van der Waals surface area contributed by atoms with Gasteiger partial charge < -0.3 is 15.3 Å². The molecular weight excluding hydrogens is 474 g/mol. The molecule has 0 saturated carbocycles. The first kappa shape index (κ1) is 24.1. The Kier molecular flexibility index (Phi) is 5.66. The largest absolute Gasteiger partial charge is 0.478 e. The van der Waals surface area contributed by atoms with Gasteiger partial charge in [0.25, 0.3) is 0 Å². The molecule has 0 spiro atoms. The Morgan fingerprint density at radius 3 is 2.38 bits per heavy atom. The average Bonchev–Trinajstić information content (AvgIpc) is 3.24. The Labute approximate surface area is 219 Å². The number of nitrogens with one attached hydrogen (secondary N) is 1. The van der Waals surface area contributed by atoms with Gasteiger partial charge in [-0.1, -0.05) is 19.2 Å². The number of carboxylic acids is 1. The number of rotatable bonds is 3. The number of aromatic carboxylic acids is 1. The lowest BCUT2D eigenvalue weighted by molar-refractivity contribution is 0.0696. The van der Waals surface area contributed by atoms with E-state index in [0.717, 1.165) is 50.3 Å². The van der Waals surface area contributed by atoms with Crippen LogP contribution in [0.25, 0.3) is 5.57 Å². The molecule has 6 heteroatoms. The van der Waals surface area contributed by atoms with E-state index in [2.05, 4.69) is 79.1 Å². The van der Waals surface area contributed by atoms with Gasteiger partial charge in [-0.15, -0.1) is 0 Å². The van der Waals surface area contributed by atoms with Crippen LogP contribution < -0.4 is 35.7 Å². The summed E-state index contributed by atoms with van der Waals surface area (Å²) in [6.07, 6.45) is 1.07. The van der Waals surface area contributed by atoms with Gasteiger partial charge in [-0.05, 0) is 87.6 Å². The zero-order valence-electron chi connectivity index (χ0n) is 22.5. The summed E-state index contributed by atoms with van der Waals surface area (Å²) in [7, 11) is 0.183. The maximum Gasteiger partial charge on any atom is 0.335 e. The van der Waals surface area contributed by atoms with Crippen LogP contribution in [-0.4, -0.2) is 58.9 Å². The number of anilines is 1. The molecule has 1 saturated heterocycles. The van der Waals surface area contributed by atoms with Crippen LogP contribution in [0, 0.1) is 13.8 Å². The van der Waals surface area contributed by atoms with Gasteiger partial charge in [-0.2, -0.15) is 0 Å². The number of hydrogen-bond acceptors (Lipinski definition) is 3. The summed E-state index contributed by atoms with van der Waals surface area (Å²) < 4.78 is 2.39. The molecule has 0 aromatic heterocycles. The molecule has 0 bridgehead atoms. The van der Waals surface area contributed by atoms with Gasteiger partial charge in [0.1, 0.15) is 21.7 Å². The van der Waals surface area contributed by atoms with Crippen molar-refractivity contribution in [2.75, 3.05) is 44.7 Å². The molecule has 1 fully saturated rings. The van der Waals surface area contributed by atoms with E-state index in [0.29, 0.717) is 5.56 Å². The Balaban J connectivity index is 1.70. The Morgan fingerprint density at radius 2 is 1.70 bits per heavy atom. The molecule has 5 nitrogen and oxygen atoms in total. The van der Waals surface area contributed by atoms with Gasteiger partial charge in [-0.3, -0.25) is 0 Å². The molecule has 190 valence electrons. The molecule has 0 aliphatic carbocycles. The van der Waals surface area contributed by atoms with Crippen LogP contribution in [0.4, 0.5) is 5.69 Å². The number of likely N-dealkylation sites (N-methyl/N-ethyl adjacent to an activating group) is 1. The number of nitrogens with zero attached hydrogens (tertiary/aromatic N) is 2. The summed E-state index contributed by atoms with van der Waals surface area (Å²) in [6.45, 7) is 14.3. The molecule has 37 heavy (non-hydrogen) atoms. The second kappa shape index (κ2) is 8.67. The summed E-state index contributed by atoms with van der Waals surface area (Å²) in [5, 5.41) is 18.8. The van der Waals surface area contributed by atoms with E-state index in [1.807, 2.05) is 12.1 Å². The molecule has 3 heterocycles. The third kappa shape index (κ3) is 3.77. The molecule has 0 atom stereocenters. The van der Waals surface area contributed by atoms with Crippen molar-refractivity contribution in [3.63, 3.8) is 0 Å². The molecule has 0 radical (unpaired) electrons. The fourth-order valence-electron chi connectivity index (χ4n) is 6.75. The quantitative estimate of drug-likeness (QED) is 0.414. The second-order valence-corrected chi connectivity index (χ2v) is 15.8. The van der Waals surface area contributed by atoms with Crippen molar-refractivity contribution in [1.29, 1.82) is 0 Å². The normalized spacial score (nSPS) is 17.9. The lowest BCUT2D eigenvalue weighted by Crippen LogP contribution is -2.64. The second-order valence-electron chi connectivity index (χ2n) is 11.5. The van der Waals surface area contributed by atoms with E-state index < -0.39 is 14.0 Å². The van der Waals surface area contributed by atoms with Crippen molar-refractivity contribution in [3.8, 4) is 0 Å². The van der Waals surface area contributed by atoms with Crippen molar-refractivity contribution >= 4 is 35.7 Å². The highest BCUT2D eigenvalue weighted by atomic mass is 28.3. The topological polar surface area (TPSA) is 55.6 Å². The van der Waals surface area contributed by atoms with Crippen LogP contribution >= 0.6 is 0 Å². The van der Waals surface area contributed by atoms with Crippen molar-refractivity contribution in [1.82, 2.24) is 9.89 Å². The van der Waals surface area contributed by atoms with Crippen molar-refractivity contribution in [2.24, 2.45) is 0 Å². The minimum Gasteiger partial charge on any atom is -0.478 e. The van der Waals surface area contributed by atoms with Gasteiger partial charge in [0.15, 0.2) is 0 Å². The highest BCUT2D eigenvalue weighted by Crippen LogP contribution is 2.32. The number of fused-ring (bicyclic) bond motifs is 3. The average molecular weight is 511 g/mol. The maximum atomic E-state index is 11.8. The highest BCUT2D eigenvalue weighted by molar-refractivity contribution is 7.01. The fraction of sp³-hybridized carbons (Fsp3) is 0.355. The third-order valence-corrected chi connectivity index (χ3v) is 12.3. The van der Waals surface area contributed by atoms with Crippen molar-refractivity contribution < 1.29 is 9.90 Å². The highest BCUT2D eigenvalue weighted by Gasteiger charge is 2.37. The van der Waals surface area contributed by atoms with Crippen LogP contribution in [0.15, 0.2) is 42.5 Å². The number of hydrogen-bond donors (Lipinski definition) is 2. The fourth-order valence-corrected chi connectivity index (χ4v) is 9.80. The third-order valence-electron chi connectivity index (χ3n) is 8.75. The molecule has 6 rings (SSSR count). The first-order valence-corrected chi connectivity index (χ1v) is 16.4. The number of piperazine rings is 1. The predicted octanol–water partition coefficient (Wildman–Crippen LogP) is 1.47. The van der Waals surface area contributed by atoms with Crippen molar-refractivity contribution in [3.05, 3.63) is 86.4 Å². The summed E-state index contributed by atoms with van der Waals surface area (Å²) in [5.41, 5.74) is 8.91. The first-order valence-electron chi connectivity index (χ1n) is 13.4. The van der Waals surface area contributed by atoms with E-state index in [9.17, 15) is 9.90 Å². The molecule has 3 aromatic carbocycles. The van der Waals surface area contributed by atoms with Gasteiger partial charge in [0.05, 0.1) is 5.56 Å². The summed E-state index contributed by atoms with van der Waals surface area (Å²) >= 11 is 0. The molecule has 2 N–H and O–H groups in total. The molecule has 0 unspecified atom stereocenters. The molecule has 3 aliphatic heterocycles. The van der Waals surface area contributed by atoms with E-state index in [1.54, 1.807) is 0 Å². The van der Waals surface area contributed by atoms with Crippen LogP contribution in [-0.2, 0) is 6.42 Å². The predicted molar refractivity (Wildman–Crippen MR) is 154 cm³/mol. The van der Waals surface area contributed by atoms with Gasteiger partial charge in [-0.25, -0.2) is 9.37 Å². The lowest BCUT2D eigenvalue weighted by Gasteiger charge is -2.36. The first-order chi connectivity index (χ1) is 17.7. The SMILES string of the molecule is Cc1cc(C(=O)O)cc(C)c1C1=c2cc3c(cc2[Si](C)(C)c2cc(N4CCNCC4)ccc21)=[N+](C)CC3. The molecule has 3 aromatic rings. The maximum absolute atomic E-state index is 11.8. The molecule has 3 aliphatic rings. The van der Waals surface area contributed by atoms with E-state index >= 15 is 0 Å². The Hall–Kier alpha value is -3.22. The standard InChI is InChI=1S/C31H35N3O2Si/c1-19-14-22(31(35)36)15-20(2)29(19)30-24-7-6-23(34-12-9-32-10-13-34)17-27(24)37(4,5)28-18-26-21(16-25(28)30)8-11-33(26)3/h6-7,14-18,32H,8-13H2,1-5H3/p+1. The Bertz CT molecular complexity index is 1580. The van der Waals surface area contributed by atoms with Crippen LogP contribution in [0.2, 0.25) is 13.1 Å². The van der Waals surface area contributed by atoms with Crippen molar-refractivity contribution in [2.45, 2.75) is 33.4 Å². The minimum atomic E-state index is -2.02. The van der Waals surface area contributed by atoms with Crippen LogP contribution in [0.5, 0.6) is 0 Å². The minimum absolute atomic E-state index is 0.356. The zero-order valence-corrected chi connectivity index (χ0v) is 23.5. The monoisotopic (exact) mass is 510 g/mol. The lowest BCUT2D eigenvalue weighted by atomic mass is 9.87. The van der Waals surface area contributed by atoms with Gasteiger partial charge in [0.2, 0.25) is 5.36 Å². The number of benzene rings is 3. The number of carboxylic acid groups (broad SMARTS) is 1. The van der Waals surface area contributed by atoms with E-state index in [-0.39, 0.29) is 0 Å².